The van der Waals surface area contributed by atoms with Crippen molar-refractivity contribution in [2.45, 2.75) is 25.5 Å². The first-order chi connectivity index (χ1) is 9.22. The van der Waals surface area contributed by atoms with Crippen molar-refractivity contribution in [3.05, 3.63) is 28.5 Å². The van der Waals surface area contributed by atoms with Crippen molar-refractivity contribution in [1.29, 1.82) is 0 Å². The molecule has 1 aromatic rings. The SMILES string of the molecule is CCCNCC1OCCN(C)C1c1cncc(Br)c1. The number of ether oxygens (including phenoxy) is 1. The Morgan fingerprint density at radius 3 is 3.11 bits per heavy atom. The minimum Gasteiger partial charge on any atom is -0.374 e. The number of pyridine rings is 1. The molecule has 0 radical (unpaired) electrons. The summed E-state index contributed by atoms with van der Waals surface area (Å²) in [4.78, 5) is 6.63. The number of nitrogens with one attached hydrogen (secondary N) is 1. The van der Waals surface area contributed by atoms with E-state index >= 15 is 0 Å². The van der Waals surface area contributed by atoms with Crippen LogP contribution in [0.3, 0.4) is 0 Å². The van der Waals surface area contributed by atoms with Crippen LogP contribution in [0.2, 0.25) is 0 Å². The predicted octanol–water partition coefficient (Wildman–Crippen LogP) is 2.22. The maximum atomic E-state index is 5.95. The summed E-state index contributed by atoms with van der Waals surface area (Å²) in [5, 5.41) is 3.46. The number of hydrogen-bond donors (Lipinski definition) is 1. The van der Waals surface area contributed by atoms with Crippen molar-refractivity contribution < 1.29 is 4.74 Å². The maximum absolute atomic E-state index is 5.95. The van der Waals surface area contributed by atoms with E-state index in [2.05, 4.69) is 51.2 Å². The highest BCUT2D eigenvalue weighted by molar-refractivity contribution is 9.10. The van der Waals surface area contributed by atoms with Gasteiger partial charge in [-0.05, 0) is 47.6 Å². The van der Waals surface area contributed by atoms with Gasteiger partial charge in [0.2, 0.25) is 0 Å². The largest absolute Gasteiger partial charge is 0.374 e. The van der Waals surface area contributed by atoms with Crippen LogP contribution in [-0.2, 0) is 4.74 Å². The summed E-state index contributed by atoms with van der Waals surface area (Å²) in [5.74, 6) is 0. The second kappa shape index (κ2) is 7.33. The fraction of sp³-hybridized carbons (Fsp3) is 0.643. The lowest BCUT2D eigenvalue weighted by atomic mass is 10.00. The summed E-state index contributed by atoms with van der Waals surface area (Å²) in [6, 6.07) is 2.40. The number of hydrogen-bond acceptors (Lipinski definition) is 4. The van der Waals surface area contributed by atoms with Crippen LogP contribution in [0.4, 0.5) is 0 Å². The molecule has 4 nitrogen and oxygen atoms in total. The third-order valence-electron chi connectivity index (χ3n) is 3.44. The molecule has 1 aliphatic rings. The molecule has 2 atom stereocenters. The zero-order valence-electron chi connectivity index (χ0n) is 11.6. The first kappa shape index (κ1) is 14.9. The Morgan fingerprint density at radius 2 is 2.37 bits per heavy atom. The molecule has 1 aliphatic heterocycles. The van der Waals surface area contributed by atoms with Gasteiger partial charge in [-0.2, -0.15) is 0 Å². The first-order valence-corrected chi connectivity index (χ1v) is 7.64. The monoisotopic (exact) mass is 327 g/mol. The molecule has 0 saturated carbocycles. The first-order valence-electron chi connectivity index (χ1n) is 6.85. The van der Waals surface area contributed by atoms with Gasteiger partial charge in [0.25, 0.3) is 0 Å². The summed E-state index contributed by atoms with van der Waals surface area (Å²) in [7, 11) is 2.15. The molecule has 2 unspecified atom stereocenters. The lowest BCUT2D eigenvalue weighted by Gasteiger charge is -2.39. The van der Waals surface area contributed by atoms with E-state index in [0.29, 0.717) is 0 Å². The van der Waals surface area contributed by atoms with Crippen LogP contribution in [-0.4, -0.2) is 49.3 Å². The van der Waals surface area contributed by atoms with Gasteiger partial charge in [-0.1, -0.05) is 6.92 Å². The topological polar surface area (TPSA) is 37.4 Å². The van der Waals surface area contributed by atoms with Crippen LogP contribution >= 0.6 is 15.9 Å². The van der Waals surface area contributed by atoms with Crippen LogP contribution in [0, 0.1) is 0 Å². The summed E-state index contributed by atoms with van der Waals surface area (Å²) < 4.78 is 6.97. The lowest BCUT2D eigenvalue weighted by molar-refractivity contribution is -0.0613. The summed E-state index contributed by atoms with van der Waals surface area (Å²) >= 11 is 3.50. The zero-order valence-corrected chi connectivity index (χ0v) is 13.2. The van der Waals surface area contributed by atoms with Crippen molar-refractivity contribution in [2.75, 3.05) is 33.3 Å². The molecule has 2 heterocycles. The molecular weight excluding hydrogens is 306 g/mol. The predicted molar refractivity (Wildman–Crippen MR) is 80.2 cm³/mol. The minimum atomic E-state index is 0.182. The van der Waals surface area contributed by atoms with Crippen LogP contribution in [0.25, 0.3) is 0 Å². The number of nitrogens with zero attached hydrogens (tertiary/aromatic N) is 2. The number of likely N-dealkylation sites (N-methyl/N-ethyl adjacent to an activating group) is 1. The average molecular weight is 328 g/mol. The fourth-order valence-electron chi connectivity index (χ4n) is 2.51. The standard InChI is InChI=1S/C14H22BrN3O/c1-3-4-16-10-13-14(18(2)5-6-19-13)11-7-12(15)9-17-8-11/h7-9,13-14,16H,3-6,10H2,1-2H3. The van der Waals surface area contributed by atoms with Crippen molar-refractivity contribution >= 4 is 15.9 Å². The fourth-order valence-corrected chi connectivity index (χ4v) is 2.90. The van der Waals surface area contributed by atoms with Crippen LogP contribution in [0.1, 0.15) is 24.9 Å². The number of aromatic nitrogens is 1. The highest BCUT2D eigenvalue weighted by Crippen LogP contribution is 2.29. The number of morpholine rings is 1. The van der Waals surface area contributed by atoms with E-state index in [-0.39, 0.29) is 12.1 Å². The van der Waals surface area contributed by atoms with Gasteiger partial charge in [-0.25, -0.2) is 0 Å². The van der Waals surface area contributed by atoms with Crippen LogP contribution in [0.15, 0.2) is 22.9 Å². The van der Waals surface area contributed by atoms with Gasteiger partial charge < -0.3 is 10.1 Å². The van der Waals surface area contributed by atoms with E-state index in [0.717, 1.165) is 37.1 Å². The van der Waals surface area contributed by atoms with Crippen molar-refractivity contribution in [1.82, 2.24) is 15.2 Å². The van der Waals surface area contributed by atoms with E-state index in [1.165, 1.54) is 5.56 Å². The molecule has 19 heavy (non-hydrogen) atoms. The average Bonchev–Trinajstić information content (AvgIpc) is 2.39. The molecule has 1 saturated heterocycles. The molecule has 0 bridgehead atoms. The van der Waals surface area contributed by atoms with Gasteiger partial charge in [0.15, 0.2) is 0 Å². The van der Waals surface area contributed by atoms with Crippen LogP contribution in [0.5, 0.6) is 0 Å². The molecule has 106 valence electrons. The molecule has 0 aliphatic carbocycles. The Morgan fingerprint density at radius 1 is 1.53 bits per heavy atom. The molecule has 0 aromatic carbocycles. The summed E-state index contributed by atoms with van der Waals surface area (Å²) in [6.07, 6.45) is 5.08. The van der Waals surface area contributed by atoms with Gasteiger partial charge in [-0.3, -0.25) is 9.88 Å². The molecular formula is C14H22BrN3O. The molecule has 1 aromatic heterocycles. The second-order valence-corrected chi connectivity index (χ2v) is 5.89. The number of halogens is 1. The second-order valence-electron chi connectivity index (χ2n) is 4.98. The smallest absolute Gasteiger partial charge is 0.0896 e. The van der Waals surface area contributed by atoms with E-state index in [1.54, 1.807) is 0 Å². The van der Waals surface area contributed by atoms with E-state index < -0.39 is 0 Å². The third kappa shape index (κ3) is 3.99. The third-order valence-corrected chi connectivity index (χ3v) is 3.88. The minimum absolute atomic E-state index is 0.182. The quantitative estimate of drug-likeness (QED) is 0.841. The summed E-state index contributed by atoms with van der Waals surface area (Å²) in [5.41, 5.74) is 1.21. The summed E-state index contributed by atoms with van der Waals surface area (Å²) in [6.45, 7) is 5.85. The van der Waals surface area contributed by atoms with Gasteiger partial charge in [-0.15, -0.1) is 0 Å². The highest BCUT2D eigenvalue weighted by atomic mass is 79.9. The Hall–Kier alpha value is -0.490. The Bertz CT molecular complexity index is 402. The van der Waals surface area contributed by atoms with Crippen molar-refractivity contribution in [3.8, 4) is 0 Å². The van der Waals surface area contributed by atoms with Crippen LogP contribution < -0.4 is 5.32 Å². The normalized spacial score (nSPS) is 24.6. The Labute approximate surface area is 123 Å². The van der Waals surface area contributed by atoms with E-state index in [1.807, 2.05) is 12.4 Å². The Balaban J connectivity index is 2.11. The van der Waals surface area contributed by atoms with Gasteiger partial charge in [0, 0.05) is 30.0 Å². The molecule has 1 fully saturated rings. The van der Waals surface area contributed by atoms with E-state index in [9.17, 15) is 0 Å². The van der Waals surface area contributed by atoms with Gasteiger partial charge >= 0.3 is 0 Å². The molecule has 0 spiro atoms. The maximum Gasteiger partial charge on any atom is 0.0896 e. The Kier molecular flexibility index (Phi) is 5.76. The van der Waals surface area contributed by atoms with E-state index in [4.69, 9.17) is 4.74 Å². The van der Waals surface area contributed by atoms with Crippen molar-refractivity contribution in [2.24, 2.45) is 0 Å². The molecule has 1 N–H and O–H groups in total. The lowest BCUT2D eigenvalue weighted by Crippen LogP contribution is -2.47. The van der Waals surface area contributed by atoms with Gasteiger partial charge in [0.05, 0.1) is 18.8 Å². The molecule has 0 amide bonds. The van der Waals surface area contributed by atoms with Crippen molar-refractivity contribution in [3.63, 3.8) is 0 Å². The molecule has 5 heteroatoms. The molecule has 2 rings (SSSR count). The van der Waals surface area contributed by atoms with Gasteiger partial charge in [0.1, 0.15) is 0 Å². The zero-order chi connectivity index (χ0) is 13.7. The number of rotatable bonds is 5. The highest BCUT2D eigenvalue weighted by Gasteiger charge is 2.31.